The van der Waals surface area contributed by atoms with Crippen LogP contribution in [0.25, 0.3) is 11.1 Å². The number of aromatic nitrogens is 1. The minimum Gasteiger partial charge on any atom is -0.497 e. The fraction of sp³-hybridized carbons (Fsp3) is 0.320. The lowest BCUT2D eigenvalue weighted by Gasteiger charge is -2.59. The molecule has 0 aliphatic carbocycles. The lowest BCUT2D eigenvalue weighted by Crippen LogP contribution is -2.72. The molecule has 2 aliphatic rings. The number of piperidine rings is 1. The molecule has 2 aliphatic heterocycles. The van der Waals surface area contributed by atoms with Crippen LogP contribution >= 0.6 is 0 Å². The molecule has 1 unspecified atom stereocenters. The number of rotatable bonds is 6. The van der Waals surface area contributed by atoms with Crippen molar-refractivity contribution in [3.8, 4) is 22.6 Å². The van der Waals surface area contributed by atoms with E-state index in [0.29, 0.717) is 18.0 Å². The first-order valence-electron chi connectivity index (χ1n) is 10.5. The predicted molar refractivity (Wildman–Crippen MR) is 118 cm³/mol. The fourth-order valence-electron chi connectivity index (χ4n) is 4.96. The molecule has 2 bridgehead atoms. The average molecular weight is 402 g/mol. The maximum absolute atomic E-state index is 5.45. The second-order valence-corrected chi connectivity index (χ2v) is 8.08. The van der Waals surface area contributed by atoms with Gasteiger partial charge in [0.2, 0.25) is 0 Å². The number of hydrogen-bond donors (Lipinski definition) is 1. The van der Waals surface area contributed by atoms with E-state index in [-0.39, 0.29) is 0 Å². The number of benzene rings is 2. The van der Waals surface area contributed by atoms with Gasteiger partial charge in [0.05, 0.1) is 14.2 Å². The van der Waals surface area contributed by atoms with Gasteiger partial charge in [-0.25, -0.2) is 0 Å². The van der Waals surface area contributed by atoms with Gasteiger partial charge in [-0.05, 0) is 40.5 Å². The van der Waals surface area contributed by atoms with E-state index in [4.69, 9.17) is 9.47 Å². The summed E-state index contributed by atoms with van der Waals surface area (Å²) in [4.78, 5) is 6.85. The third kappa shape index (κ3) is 3.44. The van der Waals surface area contributed by atoms with Crippen molar-refractivity contribution in [1.82, 2.24) is 15.2 Å². The van der Waals surface area contributed by atoms with Gasteiger partial charge in [0.25, 0.3) is 0 Å². The summed E-state index contributed by atoms with van der Waals surface area (Å²) in [5.41, 5.74) is 5.04. The summed E-state index contributed by atoms with van der Waals surface area (Å²) in [6.45, 7) is 2.95. The van der Waals surface area contributed by atoms with E-state index in [9.17, 15) is 0 Å². The van der Waals surface area contributed by atoms with Crippen molar-refractivity contribution in [2.45, 2.75) is 24.5 Å². The Bertz CT molecular complexity index is 972. The molecule has 3 heterocycles. The predicted octanol–water partition coefficient (Wildman–Crippen LogP) is 3.71. The summed E-state index contributed by atoms with van der Waals surface area (Å²) >= 11 is 0. The summed E-state index contributed by atoms with van der Waals surface area (Å²) < 4.78 is 10.9. The Balaban J connectivity index is 1.34. The first kappa shape index (κ1) is 19.1. The molecule has 0 radical (unpaired) electrons. The summed E-state index contributed by atoms with van der Waals surface area (Å²) in [6.07, 6.45) is 3.73. The highest BCUT2D eigenvalue weighted by Gasteiger charge is 2.50. The van der Waals surface area contributed by atoms with Gasteiger partial charge in [0, 0.05) is 56.1 Å². The Morgan fingerprint density at radius 3 is 2.23 bits per heavy atom. The summed E-state index contributed by atoms with van der Waals surface area (Å²) in [6, 6.07) is 20.3. The molecular weight excluding hydrogens is 374 g/mol. The molecule has 5 nitrogen and oxygen atoms in total. The van der Waals surface area contributed by atoms with Crippen LogP contribution in [0, 0.1) is 0 Å². The molecule has 3 aromatic rings. The number of nitrogens with zero attached hydrogens (tertiary/aromatic N) is 2. The zero-order chi connectivity index (χ0) is 20.5. The van der Waals surface area contributed by atoms with Crippen molar-refractivity contribution in [2.24, 2.45) is 0 Å². The molecule has 0 amide bonds. The van der Waals surface area contributed by atoms with Crippen LogP contribution in [0.15, 0.2) is 67.0 Å². The lowest BCUT2D eigenvalue weighted by molar-refractivity contribution is -0.0484. The first-order chi connectivity index (χ1) is 14.8. The molecule has 2 fully saturated rings. The van der Waals surface area contributed by atoms with E-state index < -0.39 is 0 Å². The van der Waals surface area contributed by atoms with Crippen LogP contribution in [0.2, 0.25) is 0 Å². The summed E-state index contributed by atoms with van der Waals surface area (Å²) in [7, 11) is 3.40. The second-order valence-electron chi connectivity index (χ2n) is 8.08. The Morgan fingerprint density at radius 1 is 0.933 bits per heavy atom. The van der Waals surface area contributed by atoms with E-state index in [1.165, 1.54) is 16.7 Å². The third-order valence-corrected chi connectivity index (χ3v) is 6.45. The highest BCUT2D eigenvalue weighted by molar-refractivity contribution is 5.62. The lowest BCUT2D eigenvalue weighted by atomic mass is 9.72. The zero-order valence-electron chi connectivity index (χ0n) is 17.4. The minimum atomic E-state index is 0.505. The number of ether oxygens (including phenoxy) is 2. The van der Waals surface area contributed by atoms with E-state index in [1.54, 1.807) is 14.2 Å². The number of piperazine rings is 1. The van der Waals surface area contributed by atoms with Crippen molar-refractivity contribution in [3.05, 3.63) is 78.1 Å². The normalized spacial score (nSPS) is 22.9. The number of fused-ring (bicyclic) bond motifs is 2. The van der Waals surface area contributed by atoms with E-state index >= 15 is 0 Å². The number of pyridine rings is 1. The van der Waals surface area contributed by atoms with Gasteiger partial charge >= 0.3 is 0 Å². The topological polar surface area (TPSA) is 46.6 Å². The van der Waals surface area contributed by atoms with Crippen LogP contribution in [0.5, 0.6) is 11.5 Å². The van der Waals surface area contributed by atoms with Crippen LogP contribution in [0.3, 0.4) is 0 Å². The van der Waals surface area contributed by atoms with Crippen molar-refractivity contribution < 1.29 is 9.47 Å². The van der Waals surface area contributed by atoms with Crippen LogP contribution in [0.4, 0.5) is 0 Å². The standard InChI is InChI=1S/C25H27N3O2/c1-29-21-10-17(11-22(12-21)30-2)16-28-23-14-27-15-24(28)25(23)19-7-5-18(6-8-19)20-4-3-9-26-13-20/h3-13,23-25,27H,14-16H2,1-2H3/t23-,24+,25?. The quantitative estimate of drug-likeness (QED) is 0.682. The van der Waals surface area contributed by atoms with Crippen molar-refractivity contribution in [1.29, 1.82) is 0 Å². The Kier molecular flexibility index (Phi) is 5.15. The van der Waals surface area contributed by atoms with E-state index in [0.717, 1.165) is 36.7 Å². The van der Waals surface area contributed by atoms with Crippen molar-refractivity contribution in [2.75, 3.05) is 27.3 Å². The maximum atomic E-state index is 5.45. The average Bonchev–Trinajstić information content (AvgIpc) is 2.83. The van der Waals surface area contributed by atoms with E-state index in [2.05, 4.69) is 57.7 Å². The van der Waals surface area contributed by atoms with Crippen LogP contribution in [0.1, 0.15) is 17.0 Å². The number of methoxy groups -OCH3 is 2. The van der Waals surface area contributed by atoms with Gasteiger partial charge in [-0.3, -0.25) is 9.88 Å². The Hall–Kier alpha value is -2.89. The molecule has 1 aromatic heterocycles. The summed E-state index contributed by atoms with van der Waals surface area (Å²) in [5, 5.41) is 3.58. The monoisotopic (exact) mass is 401 g/mol. The molecule has 2 saturated heterocycles. The molecule has 30 heavy (non-hydrogen) atoms. The second kappa shape index (κ2) is 8.09. The Labute approximate surface area is 177 Å². The Morgan fingerprint density at radius 2 is 1.63 bits per heavy atom. The van der Waals surface area contributed by atoms with Crippen LogP contribution in [-0.2, 0) is 6.54 Å². The molecule has 0 saturated carbocycles. The highest BCUT2D eigenvalue weighted by Crippen LogP contribution is 2.44. The van der Waals surface area contributed by atoms with Gasteiger partial charge in [-0.1, -0.05) is 30.3 Å². The molecule has 5 rings (SSSR count). The smallest absolute Gasteiger partial charge is 0.122 e. The largest absolute Gasteiger partial charge is 0.497 e. The fourth-order valence-corrected chi connectivity index (χ4v) is 4.96. The van der Waals surface area contributed by atoms with Crippen molar-refractivity contribution in [3.63, 3.8) is 0 Å². The number of hydrogen-bond acceptors (Lipinski definition) is 5. The zero-order valence-corrected chi connectivity index (χ0v) is 17.4. The van der Waals surface area contributed by atoms with Crippen LogP contribution < -0.4 is 14.8 Å². The third-order valence-electron chi connectivity index (χ3n) is 6.45. The molecule has 154 valence electrons. The molecule has 5 heteroatoms. The first-order valence-corrected chi connectivity index (χ1v) is 10.5. The minimum absolute atomic E-state index is 0.505. The molecule has 0 spiro atoms. The molecule has 2 aromatic carbocycles. The molecule has 3 atom stereocenters. The van der Waals surface area contributed by atoms with Gasteiger partial charge in [-0.2, -0.15) is 0 Å². The number of nitrogens with one attached hydrogen (secondary N) is 1. The van der Waals surface area contributed by atoms with E-state index in [1.807, 2.05) is 24.5 Å². The maximum Gasteiger partial charge on any atom is 0.122 e. The van der Waals surface area contributed by atoms with Gasteiger partial charge < -0.3 is 14.8 Å². The SMILES string of the molecule is COc1cc(CN2[C@@H]3CNC[C@H]2C3c2ccc(-c3cccnc3)cc2)cc(OC)c1. The summed E-state index contributed by atoms with van der Waals surface area (Å²) in [5.74, 6) is 2.26. The molecular formula is C25H27N3O2. The van der Waals surface area contributed by atoms with Gasteiger partial charge in [0.1, 0.15) is 11.5 Å². The van der Waals surface area contributed by atoms with Crippen molar-refractivity contribution >= 4 is 0 Å². The van der Waals surface area contributed by atoms with Gasteiger partial charge in [0.15, 0.2) is 0 Å². The highest BCUT2D eigenvalue weighted by atomic mass is 16.5. The van der Waals surface area contributed by atoms with Gasteiger partial charge in [-0.15, -0.1) is 0 Å². The van der Waals surface area contributed by atoms with Crippen LogP contribution in [-0.4, -0.2) is 49.3 Å². The molecule has 1 N–H and O–H groups in total.